The molecule has 0 aliphatic carbocycles. The van der Waals surface area contributed by atoms with Crippen LogP contribution in [-0.2, 0) is 7.05 Å². The lowest BCUT2D eigenvalue weighted by Crippen LogP contribution is -2.32. The second-order valence-corrected chi connectivity index (χ2v) is 7.21. The van der Waals surface area contributed by atoms with Gasteiger partial charge in [-0.15, -0.1) is 0 Å². The number of nitrogens with zero attached hydrogens (tertiary/aromatic N) is 3. The maximum absolute atomic E-state index is 12.4. The quantitative estimate of drug-likeness (QED) is 0.669. The summed E-state index contributed by atoms with van der Waals surface area (Å²) >= 11 is 0. The van der Waals surface area contributed by atoms with Crippen molar-refractivity contribution in [2.45, 2.75) is 13.0 Å². The Balaban J connectivity index is 2.06. The molecule has 146 valence electrons. The van der Waals surface area contributed by atoms with Crippen molar-refractivity contribution < 1.29 is 4.74 Å². The van der Waals surface area contributed by atoms with Crippen LogP contribution in [-0.4, -0.2) is 41.6 Å². The van der Waals surface area contributed by atoms with Crippen LogP contribution in [0.4, 0.5) is 0 Å². The van der Waals surface area contributed by atoms with Crippen LogP contribution in [0.1, 0.15) is 24.2 Å². The third kappa shape index (κ3) is 3.55. The second kappa shape index (κ2) is 7.94. The molecule has 0 aliphatic rings. The van der Waals surface area contributed by atoms with Crippen molar-refractivity contribution in [1.29, 1.82) is 5.41 Å². The summed E-state index contributed by atoms with van der Waals surface area (Å²) < 4.78 is 6.58. The van der Waals surface area contributed by atoms with Gasteiger partial charge >= 0.3 is 0 Å². The summed E-state index contributed by atoms with van der Waals surface area (Å²) in [6.45, 7) is 2.03. The molecule has 0 saturated carbocycles. The van der Waals surface area contributed by atoms with E-state index in [9.17, 15) is 4.79 Å². The largest absolute Gasteiger partial charge is 0.497 e. The summed E-state index contributed by atoms with van der Waals surface area (Å²) in [5.74, 6) is 0.659. The van der Waals surface area contributed by atoms with Crippen LogP contribution in [0.5, 0.6) is 5.75 Å². The Morgan fingerprint density at radius 1 is 1.11 bits per heavy atom. The zero-order valence-corrected chi connectivity index (χ0v) is 16.9. The standard InChI is InChI=1S/C22H26N4O2/c1-14(21(25(2)3)15-10-12-16(28-5)13-11-15)19(23)20-17-8-6-7-9-18(17)22(27)26(4)24-20/h6-14,21,23H,1-5H3/t14-,21-/m1/s1. The SMILES string of the molecule is COc1ccc([C@@H]([C@H](C)C(=N)c2nn(C)c(=O)c3ccccc23)N(C)C)cc1. The first-order valence-electron chi connectivity index (χ1n) is 9.20. The molecule has 1 aromatic heterocycles. The highest BCUT2D eigenvalue weighted by Crippen LogP contribution is 2.31. The lowest BCUT2D eigenvalue weighted by Gasteiger charge is -2.31. The Kier molecular flexibility index (Phi) is 5.61. The molecule has 6 heteroatoms. The monoisotopic (exact) mass is 378 g/mol. The molecule has 3 aromatic rings. The van der Waals surface area contributed by atoms with Gasteiger partial charge in [-0.25, -0.2) is 4.68 Å². The molecule has 0 spiro atoms. The van der Waals surface area contributed by atoms with Gasteiger partial charge in [0.25, 0.3) is 5.56 Å². The third-order valence-electron chi connectivity index (χ3n) is 5.15. The molecule has 0 radical (unpaired) electrons. The van der Waals surface area contributed by atoms with E-state index >= 15 is 0 Å². The van der Waals surface area contributed by atoms with Gasteiger partial charge in [-0.05, 0) is 37.9 Å². The fraction of sp³-hybridized carbons (Fsp3) is 0.318. The molecule has 2 aromatic carbocycles. The van der Waals surface area contributed by atoms with Gasteiger partial charge in [0, 0.05) is 24.4 Å². The first-order valence-corrected chi connectivity index (χ1v) is 9.20. The number of hydrogen-bond donors (Lipinski definition) is 1. The first-order chi connectivity index (χ1) is 13.3. The summed E-state index contributed by atoms with van der Waals surface area (Å²) in [5.41, 5.74) is 1.89. The molecule has 3 rings (SSSR count). The fourth-order valence-corrected chi connectivity index (χ4v) is 3.71. The lowest BCUT2D eigenvalue weighted by atomic mass is 9.87. The molecular formula is C22H26N4O2. The van der Waals surface area contributed by atoms with E-state index in [4.69, 9.17) is 10.1 Å². The van der Waals surface area contributed by atoms with E-state index in [0.717, 1.165) is 16.7 Å². The number of rotatable bonds is 6. The molecule has 0 aliphatic heterocycles. The number of ether oxygens (including phenoxy) is 1. The molecule has 2 atom stereocenters. The topological polar surface area (TPSA) is 71.2 Å². The second-order valence-electron chi connectivity index (χ2n) is 7.21. The Bertz CT molecular complexity index is 1050. The predicted octanol–water partition coefficient (Wildman–Crippen LogP) is 3.25. The summed E-state index contributed by atoms with van der Waals surface area (Å²) in [6, 6.07) is 15.3. The molecule has 6 nitrogen and oxygen atoms in total. The van der Waals surface area contributed by atoms with Crippen LogP contribution in [0, 0.1) is 11.3 Å². The number of benzene rings is 2. The van der Waals surface area contributed by atoms with Crippen LogP contribution >= 0.6 is 0 Å². The molecule has 28 heavy (non-hydrogen) atoms. The number of hydrogen-bond acceptors (Lipinski definition) is 5. The summed E-state index contributed by atoms with van der Waals surface area (Å²) in [6.07, 6.45) is 0. The Morgan fingerprint density at radius 2 is 1.71 bits per heavy atom. The van der Waals surface area contributed by atoms with Crippen molar-refractivity contribution in [3.8, 4) is 5.75 Å². The average Bonchev–Trinajstić information content (AvgIpc) is 2.70. The van der Waals surface area contributed by atoms with Gasteiger partial charge in [-0.2, -0.15) is 5.10 Å². The van der Waals surface area contributed by atoms with Crippen molar-refractivity contribution in [2.24, 2.45) is 13.0 Å². The van der Waals surface area contributed by atoms with Gasteiger partial charge in [-0.3, -0.25) is 4.79 Å². The highest BCUT2D eigenvalue weighted by Gasteiger charge is 2.28. The maximum Gasteiger partial charge on any atom is 0.274 e. The lowest BCUT2D eigenvalue weighted by molar-refractivity contribution is 0.260. The van der Waals surface area contributed by atoms with Crippen molar-refractivity contribution in [2.75, 3.05) is 21.2 Å². The Hall–Kier alpha value is -2.99. The normalized spacial score (nSPS) is 13.5. The maximum atomic E-state index is 12.4. The van der Waals surface area contributed by atoms with Gasteiger partial charge < -0.3 is 15.0 Å². The van der Waals surface area contributed by atoms with Gasteiger partial charge in [0.15, 0.2) is 0 Å². The molecular weight excluding hydrogens is 352 g/mol. The minimum Gasteiger partial charge on any atom is -0.497 e. The van der Waals surface area contributed by atoms with E-state index in [1.165, 1.54) is 4.68 Å². The highest BCUT2D eigenvalue weighted by atomic mass is 16.5. The van der Waals surface area contributed by atoms with Crippen molar-refractivity contribution in [1.82, 2.24) is 14.7 Å². The zero-order chi connectivity index (χ0) is 20.4. The summed E-state index contributed by atoms with van der Waals surface area (Å²) in [4.78, 5) is 14.5. The van der Waals surface area contributed by atoms with E-state index in [2.05, 4.69) is 10.00 Å². The smallest absolute Gasteiger partial charge is 0.274 e. The third-order valence-corrected chi connectivity index (χ3v) is 5.15. The minimum absolute atomic E-state index is 0.0174. The van der Waals surface area contributed by atoms with Crippen LogP contribution < -0.4 is 10.3 Å². The van der Waals surface area contributed by atoms with E-state index in [1.54, 1.807) is 20.2 Å². The number of fused-ring (bicyclic) bond motifs is 1. The van der Waals surface area contributed by atoms with E-state index in [-0.39, 0.29) is 17.5 Å². The van der Waals surface area contributed by atoms with Crippen LogP contribution in [0.15, 0.2) is 53.3 Å². The van der Waals surface area contributed by atoms with E-state index in [1.807, 2.05) is 63.5 Å². The number of methoxy groups -OCH3 is 1. The van der Waals surface area contributed by atoms with Crippen molar-refractivity contribution in [3.63, 3.8) is 0 Å². The van der Waals surface area contributed by atoms with E-state index < -0.39 is 0 Å². The van der Waals surface area contributed by atoms with Gasteiger partial charge in [0.2, 0.25) is 0 Å². The summed E-state index contributed by atoms with van der Waals surface area (Å²) in [5, 5.41) is 14.6. The molecule has 0 bridgehead atoms. The van der Waals surface area contributed by atoms with Crippen LogP contribution in [0.2, 0.25) is 0 Å². The highest BCUT2D eigenvalue weighted by molar-refractivity contribution is 6.08. The number of nitrogens with one attached hydrogen (secondary N) is 1. The van der Waals surface area contributed by atoms with Crippen LogP contribution in [0.3, 0.4) is 0 Å². The number of aryl methyl sites for hydroxylation is 1. The average molecular weight is 378 g/mol. The predicted molar refractivity (Wildman–Crippen MR) is 112 cm³/mol. The molecule has 0 fully saturated rings. The van der Waals surface area contributed by atoms with Gasteiger partial charge in [0.1, 0.15) is 11.4 Å². The van der Waals surface area contributed by atoms with E-state index in [0.29, 0.717) is 16.8 Å². The fourth-order valence-electron chi connectivity index (χ4n) is 3.71. The molecule has 0 unspecified atom stereocenters. The van der Waals surface area contributed by atoms with Crippen molar-refractivity contribution >= 4 is 16.5 Å². The first kappa shape index (κ1) is 19.8. The Morgan fingerprint density at radius 3 is 2.29 bits per heavy atom. The van der Waals surface area contributed by atoms with Crippen molar-refractivity contribution in [3.05, 3.63) is 70.1 Å². The zero-order valence-electron chi connectivity index (χ0n) is 16.9. The van der Waals surface area contributed by atoms with Crippen LogP contribution in [0.25, 0.3) is 10.8 Å². The molecule has 1 heterocycles. The summed E-state index contributed by atoms with van der Waals surface area (Å²) in [7, 11) is 7.28. The molecule has 1 N–H and O–H groups in total. The van der Waals surface area contributed by atoms with Gasteiger partial charge in [-0.1, -0.05) is 37.3 Å². The molecule has 0 saturated heterocycles. The van der Waals surface area contributed by atoms with Gasteiger partial charge in [0.05, 0.1) is 18.2 Å². The Labute approximate surface area is 164 Å². The number of aromatic nitrogens is 2. The minimum atomic E-state index is -0.154. The molecule has 0 amide bonds.